The predicted molar refractivity (Wildman–Crippen MR) is 115 cm³/mol. The maximum absolute atomic E-state index is 12.8. The molecule has 1 heterocycles. The van der Waals surface area contributed by atoms with Crippen LogP contribution >= 0.6 is 0 Å². The summed E-state index contributed by atoms with van der Waals surface area (Å²) in [5, 5.41) is 3.84. The van der Waals surface area contributed by atoms with Gasteiger partial charge < -0.3 is 10.3 Å². The summed E-state index contributed by atoms with van der Waals surface area (Å²) >= 11 is 0. The van der Waals surface area contributed by atoms with Gasteiger partial charge in [-0.1, -0.05) is 61.7 Å². The molecule has 5 heteroatoms. The summed E-state index contributed by atoms with van der Waals surface area (Å²) in [6, 6.07) is 17.6. The van der Waals surface area contributed by atoms with E-state index in [2.05, 4.69) is 27.4 Å². The number of hydrogen-bond donors (Lipinski definition) is 2. The number of benzene rings is 2. The standard InChI is InChI=1S/C24H27N3O2/c28-22(16-15-21-25-20-14-8-7-13-19(20)24(29)26-21)27-23(17-9-3-1-4-10-17)18-11-5-2-6-12-18/h1,3-4,7-10,13-14,18,23H,2,5-6,11-12,15-16H2,(H,27,28)(H,25,26,29)/t23-/m1/s1. The zero-order valence-electron chi connectivity index (χ0n) is 16.6. The first-order valence-corrected chi connectivity index (χ1v) is 10.5. The minimum Gasteiger partial charge on any atom is -0.349 e. The number of carbonyl (C=O) groups is 1. The molecule has 1 atom stereocenters. The van der Waals surface area contributed by atoms with Crippen molar-refractivity contribution in [2.24, 2.45) is 5.92 Å². The number of carbonyl (C=O) groups excluding carboxylic acids is 1. The number of hydrogen-bond acceptors (Lipinski definition) is 3. The molecule has 29 heavy (non-hydrogen) atoms. The molecule has 150 valence electrons. The van der Waals surface area contributed by atoms with Crippen molar-refractivity contribution in [1.82, 2.24) is 15.3 Å². The van der Waals surface area contributed by atoms with Crippen molar-refractivity contribution in [2.75, 3.05) is 0 Å². The molecule has 1 aromatic heterocycles. The van der Waals surface area contributed by atoms with Crippen LogP contribution in [0.25, 0.3) is 10.9 Å². The van der Waals surface area contributed by atoms with Crippen molar-refractivity contribution in [2.45, 2.75) is 51.0 Å². The fraction of sp³-hybridized carbons (Fsp3) is 0.375. The molecule has 0 aliphatic heterocycles. The number of H-pyrrole nitrogens is 1. The highest BCUT2D eigenvalue weighted by atomic mass is 16.1. The predicted octanol–water partition coefficient (Wildman–Crippen LogP) is 4.29. The Labute approximate surface area is 170 Å². The monoisotopic (exact) mass is 389 g/mol. The molecule has 1 fully saturated rings. The van der Waals surface area contributed by atoms with E-state index in [0.717, 1.165) is 12.8 Å². The molecule has 1 amide bonds. The Bertz CT molecular complexity index is 1020. The average molecular weight is 389 g/mol. The summed E-state index contributed by atoms with van der Waals surface area (Å²) in [4.78, 5) is 32.3. The van der Waals surface area contributed by atoms with E-state index in [-0.39, 0.29) is 17.5 Å². The molecule has 0 saturated heterocycles. The second kappa shape index (κ2) is 9.03. The number of nitrogens with one attached hydrogen (secondary N) is 2. The Morgan fingerprint density at radius 3 is 2.55 bits per heavy atom. The van der Waals surface area contributed by atoms with Crippen LogP contribution < -0.4 is 10.9 Å². The Hall–Kier alpha value is -2.95. The molecule has 0 spiro atoms. The number of aromatic nitrogens is 2. The summed E-state index contributed by atoms with van der Waals surface area (Å²) in [7, 11) is 0. The number of rotatable bonds is 6. The van der Waals surface area contributed by atoms with Gasteiger partial charge in [0.05, 0.1) is 16.9 Å². The van der Waals surface area contributed by atoms with E-state index < -0.39 is 0 Å². The Kier molecular flexibility index (Phi) is 6.03. The lowest BCUT2D eigenvalue weighted by molar-refractivity contribution is -0.122. The number of amides is 1. The second-order valence-electron chi connectivity index (χ2n) is 7.88. The minimum absolute atomic E-state index is 0.000217. The largest absolute Gasteiger partial charge is 0.349 e. The van der Waals surface area contributed by atoms with Crippen LogP contribution in [0.1, 0.15) is 56.0 Å². The van der Waals surface area contributed by atoms with E-state index in [9.17, 15) is 9.59 Å². The van der Waals surface area contributed by atoms with Gasteiger partial charge in [0, 0.05) is 12.8 Å². The average Bonchev–Trinajstić information content (AvgIpc) is 2.77. The minimum atomic E-state index is -0.157. The van der Waals surface area contributed by atoms with Gasteiger partial charge in [-0.25, -0.2) is 4.98 Å². The number of fused-ring (bicyclic) bond motifs is 1. The van der Waals surface area contributed by atoms with Gasteiger partial charge in [-0.2, -0.15) is 0 Å². The summed E-state index contributed by atoms with van der Waals surface area (Å²) in [6.07, 6.45) is 6.76. The highest BCUT2D eigenvalue weighted by molar-refractivity contribution is 5.78. The van der Waals surface area contributed by atoms with Crippen molar-refractivity contribution in [3.8, 4) is 0 Å². The van der Waals surface area contributed by atoms with Crippen LogP contribution in [-0.2, 0) is 11.2 Å². The summed E-state index contributed by atoms with van der Waals surface area (Å²) in [6.45, 7) is 0. The third-order valence-electron chi connectivity index (χ3n) is 5.85. The molecule has 3 aromatic rings. The number of aryl methyl sites for hydroxylation is 1. The third-order valence-corrected chi connectivity index (χ3v) is 5.85. The second-order valence-corrected chi connectivity index (χ2v) is 7.88. The van der Waals surface area contributed by atoms with Gasteiger partial charge in [-0.3, -0.25) is 9.59 Å². The lowest BCUT2D eigenvalue weighted by Gasteiger charge is -2.31. The molecule has 0 radical (unpaired) electrons. The van der Waals surface area contributed by atoms with Crippen molar-refractivity contribution < 1.29 is 4.79 Å². The first-order valence-electron chi connectivity index (χ1n) is 10.5. The zero-order chi connectivity index (χ0) is 20.1. The van der Waals surface area contributed by atoms with Crippen LogP contribution in [0.3, 0.4) is 0 Å². The smallest absolute Gasteiger partial charge is 0.258 e. The first-order chi connectivity index (χ1) is 14.2. The SMILES string of the molecule is O=C(CCc1nc2ccccc2c(=O)[nH]1)N[C@H](c1ccccc1)C1CCCCC1. The van der Waals surface area contributed by atoms with E-state index in [1.54, 1.807) is 6.07 Å². The summed E-state index contributed by atoms with van der Waals surface area (Å²) < 4.78 is 0. The van der Waals surface area contributed by atoms with Gasteiger partial charge in [0.1, 0.15) is 5.82 Å². The highest BCUT2D eigenvalue weighted by Gasteiger charge is 2.26. The van der Waals surface area contributed by atoms with E-state index in [1.165, 1.54) is 24.8 Å². The summed E-state index contributed by atoms with van der Waals surface area (Å²) in [5.41, 5.74) is 1.68. The fourth-order valence-corrected chi connectivity index (χ4v) is 4.33. The zero-order valence-corrected chi connectivity index (χ0v) is 16.6. The van der Waals surface area contributed by atoms with E-state index >= 15 is 0 Å². The lowest BCUT2D eigenvalue weighted by atomic mass is 9.81. The van der Waals surface area contributed by atoms with Crippen molar-refractivity contribution in [3.63, 3.8) is 0 Å². The van der Waals surface area contributed by atoms with Gasteiger partial charge in [0.25, 0.3) is 5.56 Å². The molecule has 2 N–H and O–H groups in total. The number of aromatic amines is 1. The summed E-state index contributed by atoms with van der Waals surface area (Å²) in [5.74, 6) is 1.03. The quantitative estimate of drug-likeness (QED) is 0.660. The fourth-order valence-electron chi connectivity index (χ4n) is 4.33. The number of para-hydroxylation sites is 1. The van der Waals surface area contributed by atoms with Crippen LogP contribution in [0.15, 0.2) is 59.4 Å². The molecule has 0 bridgehead atoms. The Morgan fingerprint density at radius 1 is 1.03 bits per heavy atom. The maximum atomic E-state index is 12.8. The lowest BCUT2D eigenvalue weighted by Crippen LogP contribution is -2.34. The Balaban J connectivity index is 1.45. The van der Waals surface area contributed by atoms with E-state index in [0.29, 0.717) is 35.5 Å². The topological polar surface area (TPSA) is 74.8 Å². The van der Waals surface area contributed by atoms with Crippen molar-refractivity contribution in [1.29, 1.82) is 0 Å². The molecule has 4 rings (SSSR count). The van der Waals surface area contributed by atoms with Crippen molar-refractivity contribution >= 4 is 16.8 Å². The van der Waals surface area contributed by atoms with Gasteiger partial charge in [-0.15, -0.1) is 0 Å². The molecule has 1 saturated carbocycles. The maximum Gasteiger partial charge on any atom is 0.258 e. The van der Waals surface area contributed by atoms with Gasteiger partial charge in [-0.05, 0) is 36.5 Å². The van der Waals surface area contributed by atoms with Crippen LogP contribution in [0.2, 0.25) is 0 Å². The van der Waals surface area contributed by atoms with Crippen LogP contribution in [0, 0.1) is 5.92 Å². The first kappa shape index (κ1) is 19.4. The molecule has 1 aliphatic rings. The third kappa shape index (κ3) is 4.73. The van der Waals surface area contributed by atoms with Crippen LogP contribution in [0.4, 0.5) is 0 Å². The Morgan fingerprint density at radius 2 is 1.76 bits per heavy atom. The van der Waals surface area contributed by atoms with Crippen LogP contribution in [0.5, 0.6) is 0 Å². The van der Waals surface area contributed by atoms with E-state index in [1.807, 2.05) is 36.4 Å². The molecule has 2 aromatic carbocycles. The van der Waals surface area contributed by atoms with E-state index in [4.69, 9.17) is 0 Å². The normalized spacial score (nSPS) is 15.9. The molecule has 0 unspecified atom stereocenters. The van der Waals surface area contributed by atoms with Crippen molar-refractivity contribution in [3.05, 3.63) is 76.3 Å². The highest BCUT2D eigenvalue weighted by Crippen LogP contribution is 2.34. The van der Waals surface area contributed by atoms with Gasteiger partial charge in [0.2, 0.25) is 5.91 Å². The van der Waals surface area contributed by atoms with Crippen LogP contribution in [-0.4, -0.2) is 15.9 Å². The number of nitrogens with zero attached hydrogens (tertiary/aromatic N) is 1. The molecular formula is C24H27N3O2. The van der Waals surface area contributed by atoms with Gasteiger partial charge in [0.15, 0.2) is 0 Å². The molecule has 1 aliphatic carbocycles. The molecular weight excluding hydrogens is 362 g/mol. The molecule has 5 nitrogen and oxygen atoms in total. The van der Waals surface area contributed by atoms with Gasteiger partial charge >= 0.3 is 0 Å².